The SMILES string of the molecule is C=C(C)C=C[Si](OCC)(OCC)OCC. The van der Waals surface area contributed by atoms with Crippen molar-refractivity contribution in [3.05, 3.63) is 23.9 Å². The molecule has 0 N–H and O–H groups in total. The fraction of sp³-hybridized carbons (Fsp3) is 0.636. The highest BCUT2D eigenvalue weighted by atomic mass is 28.4. The van der Waals surface area contributed by atoms with Gasteiger partial charge in [-0.05, 0) is 33.4 Å². The number of rotatable bonds is 8. The molecule has 0 aromatic rings. The normalized spacial score (nSPS) is 12.3. The molecule has 0 bridgehead atoms. The van der Waals surface area contributed by atoms with E-state index >= 15 is 0 Å². The Morgan fingerprint density at radius 1 is 1.07 bits per heavy atom. The van der Waals surface area contributed by atoms with Crippen LogP contribution in [-0.4, -0.2) is 28.6 Å². The highest BCUT2D eigenvalue weighted by molar-refractivity contribution is 6.66. The van der Waals surface area contributed by atoms with Gasteiger partial charge in [0.05, 0.1) is 0 Å². The first kappa shape index (κ1) is 14.6. The van der Waals surface area contributed by atoms with Gasteiger partial charge >= 0.3 is 8.80 Å². The predicted molar refractivity (Wildman–Crippen MR) is 64.6 cm³/mol. The van der Waals surface area contributed by atoms with Crippen LogP contribution in [-0.2, 0) is 13.3 Å². The van der Waals surface area contributed by atoms with E-state index in [4.69, 9.17) is 13.3 Å². The van der Waals surface area contributed by atoms with Crippen molar-refractivity contribution in [1.29, 1.82) is 0 Å². The molecule has 0 unspecified atom stereocenters. The van der Waals surface area contributed by atoms with Crippen LogP contribution in [0.5, 0.6) is 0 Å². The van der Waals surface area contributed by atoms with Crippen LogP contribution in [0, 0.1) is 0 Å². The maximum absolute atomic E-state index is 5.63. The van der Waals surface area contributed by atoms with E-state index < -0.39 is 8.80 Å². The average molecular weight is 230 g/mol. The van der Waals surface area contributed by atoms with E-state index in [0.29, 0.717) is 19.8 Å². The van der Waals surface area contributed by atoms with E-state index in [-0.39, 0.29) is 0 Å². The van der Waals surface area contributed by atoms with Crippen LogP contribution in [0.4, 0.5) is 0 Å². The zero-order chi connectivity index (χ0) is 11.7. The number of hydrogen-bond acceptors (Lipinski definition) is 3. The molecular formula is C11H22O3Si. The van der Waals surface area contributed by atoms with Crippen molar-refractivity contribution in [3.63, 3.8) is 0 Å². The Balaban J connectivity index is 4.66. The summed E-state index contributed by atoms with van der Waals surface area (Å²) < 4.78 is 16.9. The van der Waals surface area contributed by atoms with Crippen molar-refractivity contribution < 1.29 is 13.3 Å². The molecule has 0 aliphatic carbocycles. The van der Waals surface area contributed by atoms with Crippen molar-refractivity contribution in [2.45, 2.75) is 27.7 Å². The standard InChI is InChI=1S/C11H22O3Si/c1-6-12-15(13-7-2,14-8-3)10-9-11(4)5/h9-10H,4,6-8H2,1-3,5H3. The van der Waals surface area contributed by atoms with E-state index in [1.165, 1.54) is 0 Å². The van der Waals surface area contributed by atoms with E-state index in [9.17, 15) is 0 Å². The molecule has 0 aliphatic rings. The molecule has 15 heavy (non-hydrogen) atoms. The molecule has 3 nitrogen and oxygen atoms in total. The van der Waals surface area contributed by atoms with Crippen LogP contribution >= 0.6 is 0 Å². The molecule has 0 radical (unpaired) electrons. The summed E-state index contributed by atoms with van der Waals surface area (Å²) in [5.41, 5.74) is 2.86. The lowest BCUT2D eigenvalue weighted by Crippen LogP contribution is -2.44. The minimum absolute atomic E-state index is 0.590. The second-order valence-electron chi connectivity index (χ2n) is 3.08. The van der Waals surface area contributed by atoms with Crippen molar-refractivity contribution in [2.75, 3.05) is 19.8 Å². The predicted octanol–water partition coefficient (Wildman–Crippen LogP) is 2.71. The second kappa shape index (κ2) is 7.82. The molecule has 0 saturated heterocycles. The largest absolute Gasteiger partial charge is 0.529 e. The van der Waals surface area contributed by atoms with Gasteiger partial charge < -0.3 is 13.3 Å². The Bertz CT molecular complexity index is 197. The summed E-state index contributed by atoms with van der Waals surface area (Å²) in [6.07, 6.45) is 1.90. The molecule has 0 aromatic carbocycles. The van der Waals surface area contributed by atoms with Gasteiger partial charge in [0.2, 0.25) is 0 Å². The lowest BCUT2D eigenvalue weighted by atomic mass is 10.4. The number of hydrogen-bond donors (Lipinski definition) is 0. The van der Waals surface area contributed by atoms with Crippen LogP contribution in [0.1, 0.15) is 27.7 Å². The topological polar surface area (TPSA) is 27.7 Å². The van der Waals surface area contributed by atoms with Crippen LogP contribution in [0.15, 0.2) is 23.9 Å². The molecule has 0 amide bonds. The zero-order valence-corrected chi connectivity index (χ0v) is 11.2. The van der Waals surface area contributed by atoms with E-state index in [1.54, 1.807) is 0 Å². The quantitative estimate of drug-likeness (QED) is 0.474. The van der Waals surface area contributed by atoms with Gasteiger partial charge in [-0.15, -0.1) is 0 Å². The summed E-state index contributed by atoms with van der Waals surface area (Å²) >= 11 is 0. The Labute approximate surface area is 94.1 Å². The summed E-state index contributed by atoms with van der Waals surface area (Å²) in [4.78, 5) is 0. The third-order valence-electron chi connectivity index (χ3n) is 1.61. The van der Waals surface area contributed by atoms with Gasteiger partial charge in [0.15, 0.2) is 0 Å². The van der Waals surface area contributed by atoms with Gasteiger partial charge in [-0.2, -0.15) is 0 Å². The summed E-state index contributed by atoms with van der Waals surface area (Å²) in [6, 6.07) is 0. The molecule has 0 heterocycles. The first-order valence-corrected chi connectivity index (χ1v) is 7.17. The average Bonchev–Trinajstić information content (AvgIpc) is 2.16. The summed E-state index contributed by atoms with van der Waals surface area (Å²) in [6.45, 7) is 13.3. The van der Waals surface area contributed by atoms with Crippen LogP contribution in [0.25, 0.3) is 0 Å². The zero-order valence-electron chi connectivity index (χ0n) is 10.2. The van der Waals surface area contributed by atoms with E-state index in [2.05, 4.69) is 6.58 Å². The van der Waals surface area contributed by atoms with Crippen LogP contribution in [0.3, 0.4) is 0 Å². The Morgan fingerprint density at radius 2 is 1.47 bits per heavy atom. The molecular weight excluding hydrogens is 208 g/mol. The summed E-state index contributed by atoms with van der Waals surface area (Å²) in [7, 11) is -2.60. The Morgan fingerprint density at radius 3 is 1.73 bits per heavy atom. The molecule has 0 saturated carbocycles. The molecule has 88 valence electrons. The third-order valence-corrected chi connectivity index (χ3v) is 4.26. The van der Waals surface area contributed by atoms with Crippen LogP contribution in [0.2, 0.25) is 0 Å². The van der Waals surface area contributed by atoms with Crippen molar-refractivity contribution in [3.8, 4) is 0 Å². The lowest BCUT2D eigenvalue weighted by Gasteiger charge is -2.25. The smallest absolute Gasteiger partial charge is 0.371 e. The van der Waals surface area contributed by atoms with Crippen molar-refractivity contribution in [1.82, 2.24) is 0 Å². The van der Waals surface area contributed by atoms with Gasteiger partial charge in [0.25, 0.3) is 0 Å². The monoisotopic (exact) mass is 230 g/mol. The summed E-state index contributed by atoms with van der Waals surface area (Å²) in [5.74, 6) is 0. The maximum atomic E-state index is 5.63. The van der Waals surface area contributed by atoms with E-state index in [0.717, 1.165) is 5.57 Å². The fourth-order valence-corrected chi connectivity index (χ4v) is 3.35. The minimum atomic E-state index is -2.60. The molecule has 0 aromatic heterocycles. The van der Waals surface area contributed by atoms with Gasteiger partial charge in [-0.3, -0.25) is 0 Å². The molecule has 0 atom stereocenters. The molecule has 0 aliphatic heterocycles. The second-order valence-corrected chi connectivity index (χ2v) is 5.49. The Kier molecular flexibility index (Phi) is 7.59. The molecule has 4 heteroatoms. The minimum Gasteiger partial charge on any atom is -0.371 e. The first-order chi connectivity index (χ1) is 7.10. The van der Waals surface area contributed by atoms with Gasteiger partial charge in [-0.1, -0.05) is 18.2 Å². The third kappa shape index (κ3) is 5.89. The highest BCUT2D eigenvalue weighted by Gasteiger charge is 2.37. The van der Waals surface area contributed by atoms with Crippen molar-refractivity contribution in [2.24, 2.45) is 0 Å². The molecule has 0 spiro atoms. The fourth-order valence-electron chi connectivity index (χ4n) is 1.12. The maximum Gasteiger partial charge on any atom is 0.529 e. The van der Waals surface area contributed by atoms with Gasteiger partial charge in [0.1, 0.15) is 0 Å². The van der Waals surface area contributed by atoms with Crippen LogP contribution < -0.4 is 0 Å². The van der Waals surface area contributed by atoms with Crippen molar-refractivity contribution >= 4 is 8.80 Å². The highest BCUT2D eigenvalue weighted by Crippen LogP contribution is 2.12. The number of allylic oxidation sites excluding steroid dienone is 2. The summed E-state index contributed by atoms with van der Waals surface area (Å²) in [5, 5.41) is 0. The van der Waals surface area contributed by atoms with E-state index in [1.807, 2.05) is 39.5 Å². The molecule has 0 fully saturated rings. The molecule has 0 rings (SSSR count). The lowest BCUT2D eigenvalue weighted by molar-refractivity contribution is 0.0842. The van der Waals surface area contributed by atoms with Gasteiger partial charge in [-0.25, -0.2) is 0 Å². The first-order valence-electron chi connectivity index (χ1n) is 5.36. The Hall–Kier alpha value is -0.423. The van der Waals surface area contributed by atoms with Gasteiger partial charge in [0, 0.05) is 19.8 Å².